The maximum atomic E-state index is 5.63. The van der Waals surface area contributed by atoms with E-state index in [0.29, 0.717) is 6.42 Å². The van der Waals surface area contributed by atoms with Crippen molar-refractivity contribution in [2.24, 2.45) is 4.99 Å². The van der Waals surface area contributed by atoms with Crippen LogP contribution in [0.25, 0.3) is 43.8 Å². The second-order valence-electron chi connectivity index (χ2n) is 13.5. The Hall–Kier alpha value is -6.25. The van der Waals surface area contributed by atoms with Crippen LogP contribution in [0.1, 0.15) is 40.3 Å². The van der Waals surface area contributed by atoms with Gasteiger partial charge < -0.3 is 4.57 Å². The Bertz CT molecular complexity index is 2750. The summed E-state index contributed by atoms with van der Waals surface area (Å²) in [4.78, 5) is 5.63. The predicted octanol–water partition coefficient (Wildman–Crippen LogP) is 11.6. The van der Waals surface area contributed by atoms with Crippen molar-refractivity contribution in [3.8, 4) is 5.69 Å². The minimum absolute atomic E-state index is 0.681. The van der Waals surface area contributed by atoms with E-state index in [1.807, 2.05) is 0 Å². The number of fused-ring (bicyclic) bond motifs is 10. The molecule has 1 spiro atoms. The highest BCUT2D eigenvalue weighted by molar-refractivity contribution is 6.13. The van der Waals surface area contributed by atoms with E-state index in [2.05, 4.69) is 175 Å². The summed E-state index contributed by atoms with van der Waals surface area (Å²) in [5.41, 5.74) is 14.6. The van der Waals surface area contributed by atoms with Crippen LogP contribution >= 0.6 is 0 Å². The molecule has 0 saturated heterocycles. The fourth-order valence-corrected chi connectivity index (χ4v) is 8.99. The van der Waals surface area contributed by atoms with Crippen molar-refractivity contribution in [1.29, 1.82) is 0 Å². The Kier molecular flexibility index (Phi) is 6.25. The second-order valence-corrected chi connectivity index (χ2v) is 13.5. The Balaban J connectivity index is 1.42. The van der Waals surface area contributed by atoms with E-state index in [1.165, 1.54) is 66.1 Å². The van der Waals surface area contributed by atoms with Gasteiger partial charge in [0.25, 0.3) is 0 Å². The SMILES string of the molecule is C=C(C1=C(/N=C(\C)c2ccccc2)Cc2ccccc2C12c1ccccc1-n1c3ccccc3c3cccc2c31)c1cccc2ccccc12. The van der Waals surface area contributed by atoms with Gasteiger partial charge in [0.1, 0.15) is 0 Å². The quantitative estimate of drug-likeness (QED) is 0.171. The summed E-state index contributed by atoms with van der Waals surface area (Å²) in [5.74, 6) is 0. The molecule has 2 aliphatic rings. The first-order chi connectivity index (χ1) is 24.7. The van der Waals surface area contributed by atoms with Gasteiger partial charge in [-0.1, -0.05) is 158 Å². The lowest BCUT2D eigenvalue weighted by Crippen LogP contribution is -2.40. The minimum Gasteiger partial charge on any atom is -0.309 e. The summed E-state index contributed by atoms with van der Waals surface area (Å²) in [7, 11) is 0. The van der Waals surface area contributed by atoms with Crippen molar-refractivity contribution in [2.75, 3.05) is 0 Å². The smallest absolute Gasteiger partial charge is 0.0769 e. The van der Waals surface area contributed by atoms with Gasteiger partial charge in [0.05, 0.1) is 27.8 Å². The maximum absolute atomic E-state index is 5.63. The monoisotopic (exact) mass is 638 g/mol. The molecule has 2 heterocycles. The molecule has 1 aromatic heterocycles. The van der Waals surface area contributed by atoms with E-state index < -0.39 is 5.41 Å². The van der Waals surface area contributed by atoms with Gasteiger partial charge in [-0.3, -0.25) is 4.99 Å². The van der Waals surface area contributed by atoms with Gasteiger partial charge in [-0.2, -0.15) is 0 Å². The van der Waals surface area contributed by atoms with Gasteiger partial charge in [-0.25, -0.2) is 0 Å². The van der Waals surface area contributed by atoms with E-state index >= 15 is 0 Å². The fraction of sp³-hybridized carbons (Fsp3) is 0.0625. The number of rotatable bonds is 4. The Morgan fingerprint density at radius 3 is 2.12 bits per heavy atom. The Labute approximate surface area is 292 Å². The zero-order valence-electron chi connectivity index (χ0n) is 27.9. The van der Waals surface area contributed by atoms with Gasteiger partial charge in [0.2, 0.25) is 0 Å². The minimum atomic E-state index is -0.681. The highest BCUT2D eigenvalue weighted by Gasteiger charge is 2.51. The number of aromatic nitrogens is 1. The average Bonchev–Trinajstić information content (AvgIpc) is 3.52. The molecular formula is C48H34N2. The highest BCUT2D eigenvalue weighted by atomic mass is 15.0. The number of benzene rings is 7. The largest absolute Gasteiger partial charge is 0.309 e. The molecule has 0 amide bonds. The lowest BCUT2D eigenvalue weighted by Gasteiger charge is -2.47. The second kappa shape index (κ2) is 10.9. The van der Waals surface area contributed by atoms with Gasteiger partial charge in [-0.05, 0) is 68.8 Å². The molecular weight excluding hydrogens is 605 g/mol. The topological polar surface area (TPSA) is 17.3 Å². The molecule has 0 N–H and O–H groups in total. The molecule has 1 aliphatic carbocycles. The van der Waals surface area contributed by atoms with Crippen LogP contribution in [0.5, 0.6) is 0 Å². The molecule has 50 heavy (non-hydrogen) atoms. The van der Waals surface area contributed by atoms with Crippen LogP contribution < -0.4 is 0 Å². The van der Waals surface area contributed by atoms with Crippen LogP contribution in [0.4, 0.5) is 0 Å². The van der Waals surface area contributed by atoms with Crippen LogP contribution in [-0.2, 0) is 11.8 Å². The summed E-state index contributed by atoms with van der Waals surface area (Å²) in [6, 6.07) is 59.6. The van der Waals surface area contributed by atoms with Crippen molar-refractivity contribution in [3.63, 3.8) is 0 Å². The normalized spacial score (nSPS) is 16.6. The third-order valence-corrected chi connectivity index (χ3v) is 11.0. The van der Waals surface area contributed by atoms with Crippen molar-refractivity contribution >= 4 is 43.9 Å². The zero-order valence-corrected chi connectivity index (χ0v) is 27.9. The van der Waals surface area contributed by atoms with Crippen LogP contribution in [0.2, 0.25) is 0 Å². The number of nitrogens with zero attached hydrogens (tertiary/aromatic N) is 2. The van der Waals surface area contributed by atoms with Gasteiger partial charge in [0.15, 0.2) is 0 Å². The summed E-state index contributed by atoms with van der Waals surface area (Å²) in [6.45, 7) is 7.19. The molecule has 0 fully saturated rings. The number of hydrogen-bond acceptors (Lipinski definition) is 1. The van der Waals surface area contributed by atoms with Gasteiger partial charge in [-0.15, -0.1) is 0 Å². The summed E-state index contributed by atoms with van der Waals surface area (Å²) in [6.07, 6.45) is 0.711. The number of allylic oxidation sites excluding steroid dienone is 3. The molecule has 0 bridgehead atoms. The van der Waals surface area contributed by atoms with Crippen LogP contribution in [0, 0.1) is 0 Å². The van der Waals surface area contributed by atoms with Crippen molar-refractivity contribution in [3.05, 3.63) is 215 Å². The molecule has 7 aromatic carbocycles. The molecule has 2 nitrogen and oxygen atoms in total. The lowest BCUT2D eigenvalue weighted by molar-refractivity contribution is 0.688. The molecule has 10 rings (SSSR count). The molecule has 8 aromatic rings. The average molecular weight is 639 g/mol. The summed E-state index contributed by atoms with van der Waals surface area (Å²) < 4.78 is 2.49. The first kappa shape index (κ1) is 28.7. The maximum Gasteiger partial charge on any atom is 0.0769 e. The Morgan fingerprint density at radius 2 is 1.24 bits per heavy atom. The van der Waals surface area contributed by atoms with Gasteiger partial charge >= 0.3 is 0 Å². The molecule has 0 saturated carbocycles. The number of aliphatic imine (C=N–C) groups is 1. The predicted molar refractivity (Wildman–Crippen MR) is 209 cm³/mol. The molecule has 2 heteroatoms. The van der Waals surface area contributed by atoms with E-state index in [0.717, 1.165) is 28.1 Å². The standard InChI is InChI=1S/C48H34N2/c1-31(36-23-14-20-34-18-6-8-21-37(34)36)46-43(49-32(2)33-16-4-3-5-17-33)30-35-19-7-10-25-40(35)48(46)41-26-11-13-29-45(41)50-44-28-12-9-22-38(44)39-24-15-27-42(48)47(39)50/h3-29H,1,30H2,2H3/b49-32+. The van der Waals surface area contributed by atoms with Crippen molar-refractivity contribution in [1.82, 2.24) is 4.57 Å². The first-order valence-electron chi connectivity index (χ1n) is 17.4. The van der Waals surface area contributed by atoms with E-state index in [1.54, 1.807) is 0 Å². The Morgan fingerprint density at radius 1 is 0.600 bits per heavy atom. The lowest BCUT2D eigenvalue weighted by atomic mass is 9.57. The van der Waals surface area contributed by atoms with Gasteiger partial charge in [0, 0.05) is 28.5 Å². The molecule has 0 radical (unpaired) electrons. The first-order valence-corrected chi connectivity index (χ1v) is 17.4. The zero-order chi connectivity index (χ0) is 33.4. The van der Waals surface area contributed by atoms with Crippen molar-refractivity contribution in [2.45, 2.75) is 18.8 Å². The fourth-order valence-electron chi connectivity index (χ4n) is 8.99. The van der Waals surface area contributed by atoms with E-state index in [9.17, 15) is 0 Å². The number of hydrogen-bond donors (Lipinski definition) is 0. The molecule has 1 unspecified atom stereocenters. The molecule has 1 aliphatic heterocycles. The van der Waals surface area contributed by atoms with Crippen LogP contribution in [0.15, 0.2) is 187 Å². The summed E-state index contributed by atoms with van der Waals surface area (Å²) >= 11 is 0. The summed E-state index contributed by atoms with van der Waals surface area (Å²) in [5, 5.41) is 4.92. The molecule has 1 atom stereocenters. The third kappa shape index (κ3) is 3.88. The third-order valence-electron chi connectivity index (χ3n) is 11.0. The van der Waals surface area contributed by atoms with Crippen LogP contribution in [0.3, 0.4) is 0 Å². The van der Waals surface area contributed by atoms with E-state index in [-0.39, 0.29) is 0 Å². The van der Waals surface area contributed by atoms with Crippen LogP contribution in [-0.4, -0.2) is 10.3 Å². The number of para-hydroxylation sites is 3. The van der Waals surface area contributed by atoms with E-state index in [4.69, 9.17) is 11.6 Å². The molecule has 236 valence electrons. The highest BCUT2D eigenvalue weighted by Crippen LogP contribution is 2.60. The van der Waals surface area contributed by atoms with Crippen molar-refractivity contribution < 1.29 is 0 Å².